The van der Waals surface area contributed by atoms with Crippen molar-refractivity contribution >= 4 is 16.9 Å². The van der Waals surface area contributed by atoms with Crippen molar-refractivity contribution in [3.05, 3.63) is 12.4 Å². The third kappa shape index (κ3) is 3.25. The Labute approximate surface area is 112 Å². The number of aliphatic imine (C=N–C) groups is 1. The molecule has 1 aliphatic rings. The van der Waals surface area contributed by atoms with Crippen molar-refractivity contribution < 1.29 is 0 Å². The highest BCUT2D eigenvalue weighted by Gasteiger charge is 2.29. The lowest BCUT2D eigenvalue weighted by atomic mass is 9.84. The quantitative estimate of drug-likeness (QED) is 0.883. The monoisotopic (exact) mass is 267 g/mol. The molecular formula is C12H21N5S. The number of nitrogens with zero attached hydrogens (tertiary/aromatic N) is 4. The van der Waals surface area contributed by atoms with Gasteiger partial charge < -0.3 is 5.32 Å². The normalized spacial score (nSPS) is 18.4. The summed E-state index contributed by atoms with van der Waals surface area (Å²) in [4.78, 5) is 4.67. The Hall–Kier alpha value is -1.04. The topological polar surface area (TPSA) is 55.1 Å². The maximum Gasteiger partial charge on any atom is 0.156 e. The summed E-state index contributed by atoms with van der Waals surface area (Å²) < 4.78 is 1.82. The molecule has 5 nitrogen and oxygen atoms in total. The van der Waals surface area contributed by atoms with Gasteiger partial charge in [-0.1, -0.05) is 30.8 Å². The fraction of sp³-hybridized carbons (Fsp3) is 0.750. The molecule has 0 amide bonds. The van der Waals surface area contributed by atoms with Crippen LogP contribution in [0.15, 0.2) is 17.4 Å². The predicted octanol–water partition coefficient (Wildman–Crippen LogP) is 1.78. The van der Waals surface area contributed by atoms with E-state index >= 15 is 0 Å². The number of amidine groups is 1. The lowest BCUT2D eigenvalue weighted by Crippen LogP contribution is -2.35. The zero-order valence-corrected chi connectivity index (χ0v) is 11.9. The number of aromatic nitrogens is 3. The van der Waals surface area contributed by atoms with E-state index in [0.29, 0.717) is 5.41 Å². The van der Waals surface area contributed by atoms with Gasteiger partial charge in [-0.15, -0.1) is 5.10 Å². The number of rotatable bonds is 5. The molecule has 1 aliphatic heterocycles. The summed E-state index contributed by atoms with van der Waals surface area (Å²) >= 11 is 1.85. The van der Waals surface area contributed by atoms with Crippen molar-refractivity contribution in [3.63, 3.8) is 0 Å². The molecule has 1 aromatic heterocycles. The van der Waals surface area contributed by atoms with Crippen molar-refractivity contribution in [2.24, 2.45) is 10.4 Å². The second kappa shape index (κ2) is 6.22. The Morgan fingerprint density at radius 1 is 1.44 bits per heavy atom. The molecule has 2 heterocycles. The maximum absolute atomic E-state index is 4.67. The van der Waals surface area contributed by atoms with E-state index in [1.807, 2.05) is 22.6 Å². The average Bonchev–Trinajstić information content (AvgIpc) is 2.93. The molecule has 0 saturated heterocycles. The van der Waals surface area contributed by atoms with Gasteiger partial charge in [0.1, 0.15) is 0 Å². The first kappa shape index (κ1) is 13.4. The fourth-order valence-corrected chi connectivity index (χ4v) is 3.27. The first-order valence-corrected chi connectivity index (χ1v) is 7.52. The zero-order chi connectivity index (χ0) is 12.8. The summed E-state index contributed by atoms with van der Waals surface area (Å²) in [5, 5.41) is 12.2. The van der Waals surface area contributed by atoms with Gasteiger partial charge in [-0.25, -0.2) is 0 Å². The highest BCUT2D eigenvalue weighted by molar-refractivity contribution is 8.13. The van der Waals surface area contributed by atoms with E-state index in [1.54, 1.807) is 6.20 Å². The average molecular weight is 267 g/mol. The van der Waals surface area contributed by atoms with Gasteiger partial charge in [-0.3, -0.25) is 9.67 Å². The van der Waals surface area contributed by atoms with E-state index in [9.17, 15) is 0 Å². The minimum Gasteiger partial charge on any atom is -0.363 e. The third-order valence-electron chi connectivity index (χ3n) is 3.66. The number of hydrogen-bond acceptors (Lipinski definition) is 5. The summed E-state index contributed by atoms with van der Waals surface area (Å²) in [7, 11) is 0. The van der Waals surface area contributed by atoms with E-state index in [1.165, 1.54) is 18.6 Å². The van der Waals surface area contributed by atoms with Crippen LogP contribution in [0.4, 0.5) is 0 Å². The van der Waals surface area contributed by atoms with Gasteiger partial charge in [-0.2, -0.15) is 0 Å². The first-order valence-electron chi connectivity index (χ1n) is 6.53. The zero-order valence-electron chi connectivity index (χ0n) is 11.1. The van der Waals surface area contributed by atoms with E-state index in [2.05, 4.69) is 34.5 Å². The summed E-state index contributed by atoms with van der Waals surface area (Å²) in [6.45, 7) is 7.16. The van der Waals surface area contributed by atoms with Crippen LogP contribution in [-0.4, -0.2) is 39.0 Å². The van der Waals surface area contributed by atoms with Crippen LogP contribution in [0.2, 0.25) is 0 Å². The highest BCUT2D eigenvalue weighted by Crippen LogP contribution is 2.34. The predicted molar refractivity (Wildman–Crippen MR) is 75.8 cm³/mol. The number of thioether (sulfide) groups is 1. The van der Waals surface area contributed by atoms with Gasteiger partial charge >= 0.3 is 0 Å². The van der Waals surface area contributed by atoms with Crippen molar-refractivity contribution in [1.82, 2.24) is 20.3 Å². The smallest absolute Gasteiger partial charge is 0.156 e. The molecule has 0 aromatic carbocycles. The molecule has 1 N–H and O–H groups in total. The molecule has 6 heteroatoms. The molecule has 0 radical (unpaired) electrons. The largest absolute Gasteiger partial charge is 0.363 e. The standard InChI is InChI=1S/C12H21N5S/c1-3-12(4-2)9-14-11(18-10-12)13-5-7-17-8-6-15-16-17/h6,8H,3-5,7,9-10H2,1-2H3,(H,13,14). The molecule has 1 aromatic rings. The van der Waals surface area contributed by atoms with E-state index < -0.39 is 0 Å². The van der Waals surface area contributed by atoms with Gasteiger partial charge in [0.2, 0.25) is 0 Å². The Morgan fingerprint density at radius 2 is 2.28 bits per heavy atom. The van der Waals surface area contributed by atoms with Crippen molar-refractivity contribution in [2.75, 3.05) is 18.8 Å². The summed E-state index contributed by atoms with van der Waals surface area (Å²) in [5.74, 6) is 1.18. The van der Waals surface area contributed by atoms with Crippen LogP contribution in [0.3, 0.4) is 0 Å². The fourth-order valence-electron chi connectivity index (χ4n) is 1.97. The lowest BCUT2D eigenvalue weighted by Gasteiger charge is -2.33. The molecular weight excluding hydrogens is 246 g/mol. The van der Waals surface area contributed by atoms with Gasteiger partial charge in [-0.05, 0) is 18.3 Å². The molecule has 0 unspecified atom stereocenters. The molecule has 2 rings (SSSR count). The second-order valence-electron chi connectivity index (χ2n) is 4.71. The molecule has 0 bridgehead atoms. The first-order chi connectivity index (χ1) is 8.78. The van der Waals surface area contributed by atoms with Crippen LogP contribution in [-0.2, 0) is 6.54 Å². The van der Waals surface area contributed by atoms with Gasteiger partial charge in [0.05, 0.1) is 12.7 Å². The lowest BCUT2D eigenvalue weighted by molar-refractivity contribution is 0.318. The maximum atomic E-state index is 4.67. The molecule has 0 saturated carbocycles. The third-order valence-corrected chi connectivity index (χ3v) is 4.97. The summed E-state index contributed by atoms with van der Waals surface area (Å²) in [5.41, 5.74) is 0.418. The van der Waals surface area contributed by atoms with E-state index in [4.69, 9.17) is 0 Å². The van der Waals surface area contributed by atoms with Crippen LogP contribution in [0, 0.1) is 5.41 Å². The van der Waals surface area contributed by atoms with Crippen molar-refractivity contribution in [2.45, 2.75) is 33.2 Å². The highest BCUT2D eigenvalue weighted by atomic mass is 32.2. The van der Waals surface area contributed by atoms with Gasteiger partial charge in [0.25, 0.3) is 0 Å². The number of nitrogens with one attached hydrogen (secondary N) is 1. The second-order valence-corrected chi connectivity index (χ2v) is 5.67. The molecule has 0 spiro atoms. The molecule has 100 valence electrons. The number of hydrogen-bond donors (Lipinski definition) is 1. The van der Waals surface area contributed by atoms with Gasteiger partial charge in [0.15, 0.2) is 5.17 Å². The molecule has 0 fully saturated rings. The summed E-state index contributed by atoms with van der Waals surface area (Å²) in [6.07, 6.45) is 6.00. The molecule has 18 heavy (non-hydrogen) atoms. The van der Waals surface area contributed by atoms with Crippen molar-refractivity contribution in [1.29, 1.82) is 0 Å². The SMILES string of the molecule is CCC1(CC)CN=C(NCCn2ccnn2)SC1. The minimum absolute atomic E-state index is 0.418. The van der Waals surface area contributed by atoms with Crippen LogP contribution >= 0.6 is 11.8 Å². The Kier molecular flexibility index (Phi) is 4.63. The van der Waals surface area contributed by atoms with Crippen LogP contribution in [0.5, 0.6) is 0 Å². The van der Waals surface area contributed by atoms with Gasteiger partial charge in [0, 0.05) is 25.0 Å². The van der Waals surface area contributed by atoms with E-state index in [0.717, 1.165) is 24.8 Å². The van der Waals surface area contributed by atoms with Crippen LogP contribution in [0.1, 0.15) is 26.7 Å². The summed E-state index contributed by atoms with van der Waals surface area (Å²) in [6, 6.07) is 0. The van der Waals surface area contributed by atoms with E-state index in [-0.39, 0.29) is 0 Å². The minimum atomic E-state index is 0.418. The molecule has 0 atom stereocenters. The van der Waals surface area contributed by atoms with Crippen LogP contribution in [0.25, 0.3) is 0 Å². The Morgan fingerprint density at radius 3 is 2.83 bits per heavy atom. The van der Waals surface area contributed by atoms with Crippen molar-refractivity contribution in [3.8, 4) is 0 Å². The molecule has 0 aliphatic carbocycles. The van der Waals surface area contributed by atoms with Crippen LogP contribution < -0.4 is 5.32 Å². The Balaban J connectivity index is 1.76. The Bertz CT molecular complexity index is 383.